The molecule has 73 heavy (non-hydrogen) atoms. The Morgan fingerprint density at radius 2 is 0.534 bits per heavy atom. The Kier molecular flexibility index (Phi) is 58.7. The van der Waals surface area contributed by atoms with Crippen molar-refractivity contribution in [1.82, 2.24) is 0 Å². The van der Waals surface area contributed by atoms with E-state index in [0.717, 1.165) is 96.3 Å². The molecule has 0 fully saturated rings. The zero-order chi connectivity index (χ0) is 52.9. The largest absolute Gasteiger partial charge is 0.462 e. The summed E-state index contributed by atoms with van der Waals surface area (Å²) >= 11 is 0. The Morgan fingerprint density at radius 1 is 0.288 bits per heavy atom. The van der Waals surface area contributed by atoms with Gasteiger partial charge < -0.3 is 14.2 Å². The molecule has 0 amide bonds. The van der Waals surface area contributed by atoms with E-state index in [-0.39, 0.29) is 31.1 Å². The molecule has 0 saturated heterocycles. The Bertz CT molecular complexity index is 1360. The topological polar surface area (TPSA) is 78.9 Å². The molecule has 0 aromatic heterocycles. The van der Waals surface area contributed by atoms with Gasteiger partial charge in [0.2, 0.25) is 0 Å². The molecular formula is C67H118O6. The number of hydrogen-bond donors (Lipinski definition) is 0. The summed E-state index contributed by atoms with van der Waals surface area (Å²) in [5.74, 6) is -0.871. The fourth-order valence-corrected chi connectivity index (χ4v) is 9.00. The second kappa shape index (κ2) is 61.4. The zero-order valence-electron chi connectivity index (χ0n) is 48.4. The van der Waals surface area contributed by atoms with Crippen LogP contribution in [0.1, 0.15) is 316 Å². The lowest BCUT2D eigenvalue weighted by molar-refractivity contribution is -0.167. The third-order valence-electron chi connectivity index (χ3n) is 13.7. The van der Waals surface area contributed by atoms with Gasteiger partial charge >= 0.3 is 17.9 Å². The minimum atomic E-state index is -0.775. The van der Waals surface area contributed by atoms with E-state index in [0.29, 0.717) is 19.3 Å². The summed E-state index contributed by atoms with van der Waals surface area (Å²) < 4.78 is 16.9. The minimum absolute atomic E-state index is 0.0741. The number of rotatable bonds is 57. The third kappa shape index (κ3) is 59.6. The van der Waals surface area contributed by atoms with Gasteiger partial charge in [0.05, 0.1) is 0 Å². The molecule has 0 aliphatic carbocycles. The van der Waals surface area contributed by atoms with Gasteiger partial charge in [0.1, 0.15) is 13.2 Å². The highest BCUT2D eigenvalue weighted by Crippen LogP contribution is 2.17. The maximum Gasteiger partial charge on any atom is 0.306 e. The van der Waals surface area contributed by atoms with Gasteiger partial charge in [-0.05, 0) is 89.9 Å². The number of allylic oxidation sites excluding steroid dienone is 12. The van der Waals surface area contributed by atoms with Crippen LogP contribution < -0.4 is 0 Å². The molecule has 1 atom stereocenters. The third-order valence-corrected chi connectivity index (χ3v) is 13.7. The molecule has 0 aliphatic rings. The van der Waals surface area contributed by atoms with Gasteiger partial charge in [-0.3, -0.25) is 14.4 Å². The van der Waals surface area contributed by atoms with Gasteiger partial charge in [0.25, 0.3) is 0 Å². The van der Waals surface area contributed by atoms with Gasteiger partial charge in [-0.2, -0.15) is 0 Å². The monoisotopic (exact) mass is 1020 g/mol. The summed E-state index contributed by atoms with van der Waals surface area (Å²) in [6.45, 7) is 6.53. The highest BCUT2D eigenvalue weighted by molar-refractivity contribution is 5.71. The van der Waals surface area contributed by atoms with Crippen LogP contribution in [0.5, 0.6) is 0 Å². The lowest BCUT2D eigenvalue weighted by Crippen LogP contribution is -2.30. The van der Waals surface area contributed by atoms with Crippen LogP contribution in [0, 0.1) is 0 Å². The molecule has 0 heterocycles. The van der Waals surface area contributed by atoms with E-state index in [1.54, 1.807) is 0 Å². The van der Waals surface area contributed by atoms with Crippen molar-refractivity contribution in [2.45, 2.75) is 322 Å². The Morgan fingerprint density at radius 3 is 0.849 bits per heavy atom. The molecule has 0 aliphatic heterocycles. The van der Waals surface area contributed by atoms with Gasteiger partial charge in [0, 0.05) is 19.3 Å². The Labute approximate surface area is 453 Å². The Balaban J connectivity index is 4.11. The molecule has 0 rings (SSSR count). The zero-order valence-corrected chi connectivity index (χ0v) is 48.4. The van der Waals surface area contributed by atoms with Crippen LogP contribution in [0.15, 0.2) is 72.9 Å². The summed E-state index contributed by atoms with van der Waals surface area (Å²) in [7, 11) is 0. The van der Waals surface area contributed by atoms with Crippen LogP contribution in [-0.4, -0.2) is 37.2 Å². The average molecular weight is 1020 g/mol. The summed E-state index contributed by atoms with van der Waals surface area (Å²) in [6, 6.07) is 0. The summed E-state index contributed by atoms with van der Waals surface area (Å²) in [5, 5.41) is 0. The number of hydrogen-bond acceptors (Lipinski definition) is 6. The standard InChI is InChI=1S/C67H118O6/c1-4-7-10-13-16-19-22-24-26-27-28-29-30-31-32-33-34-35-36-37-38-39-40-41-42-44-45-48-51-54-57-60-66(69)72-63-64(62-71-65(68)59-56-53-50-47-21-18-15-12-9-6-3)73-67(70)61-58-55-52-49-46-43-25-23-20-17-14-11-8-5-2/h7,10,16,19,23-26,28-29,31-32,64H,4-6,8-9,11-15,17-18,20-22,27,30,33-63H2,1-3H3/b10-7-,19-16-,25-23-,26-24-,29-28-,32-31-. The molecule has 0 aromatic rings. The lowest BCUT2D eigenvalue weighted by Gasteiger charge is -2.18. The molecular weight excluding hydrogens is 901 g/mol. The van der Waals surface area contributed by atoms with Crippen molar-refractivity contribution in [2.24, 2.45) is 0 Å². The van der Waals surface area contributed by atoms with E-state index in [1.165, 1.54) is 180 Å². The van der Waals surface area contributed by atoms with E-state index in [2.05, 4.69) is 93.7 Å². The smallest absolute Gasteiger partial charge is 0.306 e. The minimum Gasteiger partial charge on any atom is -0.462 e. The van der Waals surface area contributed by atoms with Gasteiger partial charge in [-0.25, -0.2) is 0 Å². The van der Waals surface area contributed by atoms with Crippen molar-refractivity contribution in [1.29, 1.82) is 0 Å². The van der Waals surface area contributed by atoms with Crippen molar-refractivity contribution < 1.29 is 28.6 Å². The fourth-order valence-electron chi connectivity index (χ4n) is 9.00. The van der Waals surface area contributed by atoms with E-state index in [9.17, 15) is 14.4 Å². The van der Waals surface area contributed by atoms with Gasteiger partial charge in [-0.1, -0.05) is 280 Å². The molecule has 0 saturated carbocycles. The van der Waals surface area contributed by atoms with Crippen LogP contribution in [0.4, 0.5) is 0 Å². The number of ether oxygens (including phenoxy) is 3. The molecule has 0 radical (unpaired) electrons. The van der Waals surface area contributed by atoms with Crippen molar-refractivity contribution in [3.05, 3.63) is 72.9 Å². The van der Waals surface area contributed by atoms with Crippen LogP contribution in [0.3, 0.4) is 0 Å². The maximum atomic E-state index is 12.8. The molecule has 0 N–H and O–H groups in total. The first-order valence-electron chi connectivity index (χ1n) is 31.4. The number of esters is 3. The maximum absolute atomic E-state index is 12.8. The molecule has 0 spiro atoms. The first-order chi connectivity index (χ1) is 36.0. The number of carbonyl (C=O) groups is 3. The van der Waals surface area contributed by atoms with Gasteiger partial charge in [0.15, 0.2) is 6.10 Å². The predicted molar refractivity (Wildman–Crippen MR) is 316 cm³/mol. The first-order valence-corrected chi connectivity index (χ1v) is 31.4. The van der Waals surface area contributed by atoms with Crippen molar-refractivity contribution in [3.63, 3.8) is 0 Å². The molecule has 0 bridgehead atoms. The molecule has 0 aromatic carbocycles. The number of unbranched alkanes of at least 4 members (excludes halogenated alkanes) is 34. The van der Waals surface area contributed by atoms with E-state index in [1.807, 2.05) is 0 Å². The molecule has 422 valence electrons. The van der Waals surface area contributed by atoms with Crippen LogP contribution >= 0.6 is 0 Å². The van der Waals surface area contributed by atoms with Crippen LogP contribution in [0.2, 0.25) is 0 Å². The predicted octanol–water partition coefficient (Wildman–Crippen LogP) is 21.3. The summed E-state index contributed by atoms with van der Waals surface area (Å²) in [4.78, 5) is 38.1. The van der Waals surface area contributed by atoms with Crippen LogP contribution in [0.25, 0.3) is 0 Å². The quantitative estimate of drug-likeness (QED) is 0.0261. The first kappa shape index (κ1) is 69.8. The normalized spacial score (nSPS) is 12.5. The van der Waals surface area contributed by atoms with E-state index >= 15 is 0 Å². The van der Waals surface area contributed by atoms with Crippen molar-refractivity contribution >= 4 is 17.9 Å². The van der Waals surface area contributed by atoms with Crippen LogP contribution in [-0.2, 0) is 28.6 Å². The highest BCUT2D eigenvalue weighted by atomic mass is 16.6. The summed E-state index contributed by atoms with van der Waals surface area (Å²) in [6.07, 6.45) is 79.2. The second-order valence-electron chi connectivity index (χ2n) is 20.9. The Hall–Kier alpha value is -3.15. The van der Waals surface area contributed by atoms with E-state index < -0.39 is 6.10 Å². The molecule has 1 unspecified atom stereocenters. The number of carbonyl (C=O) groups excluding carboxylic acids is 3. The van der Waals surface area contributed by atoms with Crippen molar-refractivity contribution in [2.75, 3.05) is 13.2 Å². The van der Waals surface area contributed by atoms with Crippen molar-refractivity contribution in [3.8, 4) is 0 Å². The lowest BCUT2D eigenvalue weighted by atomic mass is 10.0. The highest BCUT2D eigenvalue weighted by Gasteiger charge is 2.19. The second-order valence-corrected chi connectivity index (χ2v) is 20.9. The molecule has 6 heteroatoms. The van der Waals surface area contributed by atoms with E-state index in [4.69, 9.17) is 14.2 Å². The fraction of sp³-hybridized carbons (Fsp3) is 0.776. The van der Waals surface area contributed by atoms with Gasteiger partial charge in [-0.15, -0.1) is 0 Å². The summed E-state index contributed by atoms with van der Waals surface area (Å²) in [5.41, 5.74) is 0. The molecule has 6 nitrogen and oxygen atoms in total. The average Bonchev–Trinajstić information content (AvgIpc) is 3.39. The SMILES string of the molecule is CC/C=C\C/C=C\C/C=C\C/C=C\C/C=C\CCCCCCCCCCCCCCCCCC(=O)OCC(COC(=O)CCCCCCCCCCCC)OC(=O)CCCCCCC/C=C\CCCCCCC.